The van der Waals surface area contributed by atoms with Gasteiger partial charge in [0.05, 0.1) is 12.8 Å². The molecule has 5 nitrogen and oxygen atoms in total. The Morgan fingerprint density at radius 1 is 1.42 bits per heavy atom. The number of amides is 1. The van der Waals surface area contributed by atoms with Crippen LogP contribution >= 0.6 is 0 Å². The van der Waals surface area contributed by atoms with E-state index in [9.17, 15) is 18.0 Å². The van der Waals surface area contributed by atoms with Crippen LogP contribution in [0.5, 0.6) is 5.75 Å². The van der Waals surface area contributed by atoms with E-state index in [4.69, 9.17) is 10.5 Å². The largest absolute Gasteiger partial charge is 0.495 e. The van der Waals surface area contributed by atoms with Gasteiger partial charge < -0.3 is 20.5 Å². The number of alkyl halides is 3. The number of nitrogens with two attached hydrogens (primary N) is 1. The smallest absolute Gasteiger partial charge is 0.411 e. The highest BCUT2D eigenvalue weighted by atomic mass is 19.4. The number of hydrogen-bond acceptors (Lipinski definition) is 4. The molecule has 19 heavy (non-hydrogen) atoms. The molecular weight excluding hydrogens is 265 g/mol. The third kappa shape index (κ3) is 5.47. The molecule has 0 unspecified atom stereocenters. The minimum absolute atomic E-state index is 0.302. The standard InChI is InChI=1S/C11H13F3N2O3/c1-18-9-3-2-7(4-8(9)15)16-10(17)5-19-6-11(12,13)14/h2-4H,5-6,15H2,1H3,(H,16,17). The molecule has 0 radical (unpaired) electrons. The van der Waals surface area contributed by atoms with Crippen LogP contribution in [0.4, 0.5) is 24.5 Å². The van der Waals surface area contributed by atoms with Gasteiger partial charge in [0.2, 0.25) is 5.91 Å². The van der Waals surface area contributed by atoms with Crippen LogP contribution in [0.2, 0.25) is 0 Å². The predicted molar refractivity (Wildman–Crippen MR) is 62.9 cm³/mol. The maximum atomic E-state index is 11.8. The topological polar surface area (TPSA) is 73.6 Å². The minimum atomic E-state index is -4.45. The monoisotopic (exact) mass is 278 g/mol. The van der Waals surface area contributed by atoms with Gasteiger partial charge >= 0.3 is 6.18 Å². The predicted octanol–water partition coefficient (Wildman–Crippen LogP) is 1.79. The molecule has 0 bridgehead atoms. The van der Waals surface area contributed by atoms with Crippen molar-refractivity contribution in [2.75, 3.05) is 31.4 Å². The average Bonchev–Trinajstić information content (AvgIpc) is 2.27. The molecule has 0 aromatic heterocycles. The molecule has 0 aliphatic carbocycles. The number of nitrogen functional groups attached to an aromatic ring is 1. The lowest BCUT2D eigenvalue weighted by atomic mass is 10.2. The van der Waals surface area contributed by atoms with Gasteiger partial charge in [0, 0.05) is 5.69 Å². The number of anilines is 2. The maximum absolute atomic E-state index is 11.8. The molecule has 0 aliphatic rings. The van der Waals surface area contributed by atoms with Crippen molar-refractivity contribution in [3.63, 3.8) is 0 Å². The fourth-order valence-electron chi connectivity index (χ4n) is 1.27. The molecule has 3 N–H and O–H groups in total. The second-order valence-corrected chi connectivity index (χ2v) is 3.61. The second-order valence-electron chi connectivity index (χ2n) is 3.61. The van der Waals surface area contributed by atoms with E-state index in [2.05, 4.69) is 10.1 Å². The zero-order valence-electron chi connectivity index (χ0n) is 10.1. The van der Waals surface area contributed by atoms with Gasteiger partial charge in [-0.15, -0.1) is 0 Å². The van der Waals surface area contributed by atoms with Gasteiger partial charge in [-0.2, -0.15) is 13.2 Å². The van der Waals surface area contributed by atoms with Crippen LogP contribution in [0.1, 0.15) is 0 Å². The van der Waals surface area contributed by atoms with Crippen molar-refractivity contribution in [2.45, 2.75) is 6.18 Å². The summed E-state index contributed by atoms with van der Waals surface area (Å²) >= 11 is 0. The van der Waals surface area contributed by atoms with E-state index in [1.54, 1.807) is 0 Å². The molecule has 0 atom stereocenters. The quantitative estimate of drug-likeness (QED) is 0.805. The molecule has 8 heteroatoms. The van der Waals surface area contributed by atoms with Crippen LogP contribution in [0.25, 0.3) is 0 Å². The molecule has 1 aromatic carbocycles. The third-order valence-corrected chi connectivity index (χ3v) is 2.01. The summed E-state index contributed by atoms with van der Waals surface area (Å²) in [6, 6.07) is 4.47. The highest BCUT2D eigenvalue weighted by Crippen LogP contribution is 2.24. The van der Waals surface area contributed by atoms with E-state index < -0.39 is 25.3 Å². The highest BCUT2D eigenvalue weighted by Gasteiger charge is 2.27. The van der Waals surface area contributed by atoms with Crippen molar-refractivity contribution in [1.82, 2.24) is 0 Å². The molecule has 1 aromatic rings. The first-order chi connectivity index (χ1) is 8.81. The Hall–Kier alpha value is -1.96. The van der Waals surface area contributed by atoms with Crippen molar-refractivity contribution in [2.24, 2.45) is 0 Å². The normalized spacial score (nSPS) is 11.2. The van der Waals surface area contributed by atoms with E-state index >= 15 is 0 Å². The fraction of sp³-hybridized carbons (Fsp3) is 0.364. The number of methoxy groups -OCH3 is 1. The number of carbonyl (C=O) groups excluding carboxylic acids is 1. The lowest BCUT2D eigenvalue weighted by Gasteiger charge is -2.10. The van der Waals surface area contributed by atoms with E-state index in [0.29, 0.717) is 17.1 Å². The summed E-state index contributed by atoms with van der Waals surface area (Å²) in [5, 5.41) is 2.35. The number of halogens is 3. The molecule has 1 amide bonds. The van der Waals surface area contributed by atoms with Crippen molar-refractivity contribution < 1.29 is 27.4 Å². The summed E-state index contributed by atoms with van der Waals surface area (Å²) in [4.78, 5) is 11.3. The van der Waals surface area contributed by atoms with E-state index in [0.717, 1.165) is 0 Å². The average molecular weight is 278 g/mol. The maximum Gasteiger partial charge on any atom is 0.411 e. The Bertz CT molecular complexity index is 449. The summed E-state index contributed by atoms with van der Waals surface area (Å²) in [6.45, 7) is -2.16. The van der Waals surface area contributed by atoms with Crippen LogP contribution in [0.3, 0.4) is 0 Å². The van der Waals surface area contributed by atoms with Gasteiger partial charge in [-0.1, -0.05) is 0 Å². The molecule has 0 saturated heterocycles. The Balaban J connectivity index is 2.46. The number of rotatable bonds is 5. The zero-order chi connectivity index (χ0) is 14.5. The summed E-state index contributed by atoms with van der Waals surface area (Å²) < 4.78 is 44.5. The number of hydrogen-bond donors (Lipinski definition) is 2. The lowest BCUT2D eigenvalue weighted by molar-refractivity contribution is -0.174. The van der Waals surface area contributed by atoms with E-state index in [-0.39, 0.29) is 0 Å². The first-order valence-corrected chi connectivity index (χ1v) is 5.19. The van der Waals surface area contributed by atoms with Gasteiger partial charge in [0.25, 0.3) is 0 Å². The molecule has 0 saturated carbocycles. The van der Waals surface area contributed by atoms with E-state index in [1.165, 1.54) is 25.3 Å². The Morgan fingerprint density at radius 2 is 2.11 bits per heavy atom. The molecule has 0 aliphatic heterocycles. The summed E-state index contributed by atoms with van der Waals surface area (Å²) in [7, 11) is 1.44. The number of carbonyl (C=O) groups is 1. The fourth-order valence-corrected chi connectivity index (χ4v) is 1.27. The minimum Gasteiger partial charge on any atom is -0.495 e. The van der Waals surface area contributed by atoms with Gasteiger partial charge in [-0.05, 0) is 18.2 Å². The third-order valence-electron chi connectivity index (χ3n) is 2.01. The Morgan fingerprint density at radius 3 is 2.63 bits per heavy atom. The molecule has 1 rings (SSSR count). The number of nitrogens with one attached hydrogen (secondary N) is 1. The SMILES string of the molecule is COc1ccc(NC(=O)COCC(F)(F)F)cc1N. The van der Waals surface area contributed by atoms with Gasteiger partial charge in [0.1, 0.15) is 19.0 Å². The molecular formula is C11H13F3N2O3. The van der Waals surface area contributed by atoms with Crippen LogP contribution in [-0.2, 0) is 9.53 Å². The van der Waals surface area contributed by atoms with Crippen LogP contribution < -0.4 is 15.8 Å². The summed E-state index contributed by atoms with van der Waals surface area (Å²) in [6.07, 6.45) is -4.45. The van der Waals surface area contributed by atoms with Crippen molar-refractivity contribution in [3.05, 3.63) is 18.2 Å². The number of benzene rings is 1. The zero-order valence-corrected chi connectivity index (χ0v) is 10.1. The molecule has 0 fully saturated rings. The highest BCUT2D eigenvalue weighted by molar-refractivity contribution is 5.92. The van der Waals surface area contributed by atoms with E-state index in [1.807, 2.05) is 0 Å². The number of ether oxygens (including phenoxy) is 2. The molecule has 0 spiro atoms. The first kappa shape index (κ1) is 15.1. The van der Waals surface area contributed by atoms with Gasteiger partial charge in [-0.25, -0.2) is 0 Å². The lowest BCUT2D eigenvalue weighted by Crippen LogP contribution is -2.24. The van der Waals surface area contributed by atoms with Crippen molar-refractivity contribution in [3.8, 4) is 5.75 Å². The van der Waals surface area contributed by atoms with Crippen LogP contribution in [0.15, 0.2) is 18.2 Å². The van der Waals surface area contributed by atoms with Gasteiger partial charge in [-0.3, -0.25) is 4.79 Å². The summed E-state index contributed by atoms with van der Waals surface area (Å²) in [5.74, 6) is -0.264. The second kappa shape index (κ2) is 6.28. The van der Waals surface area contributed by atoms with Crippen LogP contribution in [-0.4, -0.2) is 32.4 Å². The van der Waals surface area contributed by atoms with Crippen molar-refractivity contribution in [1.29, 1.82) is 0 Å². The van der Waals surface area contributed by atoms with Crippen molar-refractivity contribution >= 4 is 17.3 Å². The molecule has 0 heterocycles. The Labute approximate surface area is 107 Å². The van der Waals surface area contributed by atoms with Crippen LogP contribution in [0, 0.1) is 0 Å². The molecule has 106 valence electrons. The first-order valence-electron chi connectivity index (χ1n) is 5.19. The van der Waals surface area contributed by atoms with Gasteiger partial charge in [0.15, 0.2) is 0 Å². The Kier molecular flexibility index (Phi) is 4.99. The summed E-state index contributed by atoms with van der Waals surface area (Å²) in [5.41, 5.74) is 6.26.